The number of hydrogen-bond acceptors (Lipinski definition) is 3. The standard InChI is InChI=1S/C13H20N2O2S2/c1-9(2)6-7-15-19(16,17)12-5-4-11(13(14)18)8-10(12)3/h4-5,8-9,15H,6-7H2,1-3H3,(H2,14,18). The molecule has 4 nitrogen and oxygen atoms in total. The van der Waals surface area contributed by atoms with Gasteiger partial charge in [-0.3, -0.25) is 0 Å². The molecule has 0 saturated carbocycles. The highest BCUT2D eigenvalue weighted by molar-refractivity contribution is 7.89. The van der Waals surface area contributed by atoms with Crippen molar-refractivity contribution >= 4 is 27.2 Å². The first-order chi connectivity index (χ1) is 8.74. The molecule has 3 N–H and O–H groups in total. The summed E-state index contributed by atoms with van der Waals surface area (Å²) in [5, 5.41) is 0. The summed E-state index contributed by atoms with van der Waals surface area (Å²) in [6, 6.07) is 4.87. The highest BCUT2D eigenvalue weighted by Crippen LogP contribution is 2.17. The average molecular weight is 300 g/mol. The second-order valence-electron chi connectivity index (χ2n) is 4.92. The van der Waals surface area contributed by atoms with Gasteiger partial charge in [-0.05, 0) is 37.0 Å². The Labute approximate surface area is 120 Å². The van der Waals surface area contributed by atoms with Crippen molar-refractivity contribution in [2.24, 2.45) is 11.7 Å². The molecule has 1 aromatic carbocycles. The first-order valence-corrected chi connectivity index (χ1v) is 8.03. The van der Waals surface area contributed by atoms with Gasteiger partial charge in [0, 0.05) is 12.1 Å². The Morgan fingerprint density at radius 1 is 1.42 bits per heavy atom. The first-order valence-electron chi connectivity index (χ1n) is 6.14. The van der Waals surface area contributed by atoms with Crippen molar-refractivity contribution in [1.82, 2.24) is 4.72 Å². The monoisotopic (exact) mass is 300 g/mol. The molecule has 0 saturated heterocycles. The summed E-state index contributed by atoms with van der Waals surface area (Å²) in [5.74, 6) is 0.459. The minimum Gasteiger partial charge on any atom is -0.389 e. The fourth-order valence-corrected chi connectivity index (χ4v) is 3.06. The Bertz CT molecular complexity index is 566. The van der Waals surface area contributed by atoms with Gasteiger partial charge in [-0.2, -0.15) is 0 Å². The number of aryl methyl sites for hydroxylation is 1. The van der Waals surface area contributed by atoms with Crippen LogP contribution in [-0.4, -0.2) is 20.0 Å². The van der Waals surface area contributed by atoms with Crippen molar-refractivity contribution in [2.45, 2.75) is 32.1 Å². The summed E-state index contributed by atoms with van der Waals surface area (Å²) in [7, 11) is -3.46. The SMILES string of the molecule is Cc1cc(C(N)=S)ccc1S(=O)(=O)NCCC(C)C. The molecule has 0 aliphatic carbocycles. The van der Waals surface area contributed by atoms with Crippen molar-refractivity contribution in [3.8, 4) is 0 Å². The van der Waals surface area contributed by atoms with Crippen LogP contribution in [-0.2, 0) is 10.0 Å². The van der Waals surface area contributed by atoms with Crippen LogP contribution in [0.1, 0.15) is 31.4 Å². The highest BCUT2D eigenvalue weighted by Gasteiger charge is 2.16. The van der Waals surface area contributed by atoms with E-state index in [-0.39, 0.29) is 9.88 Å². The van der Waals surface area contributed by atoms with Gasteiger partial charge in [-0.15, -0.1) is 0 Å². The van der Waals surface area contributed by atoms with Crippen LogP contribution in [0.2, 0.25) is 0 Å². The lowest BCUT2D eigenvalue weighted by molar-refractivity contribution is 0.551. The van der Waals surface area contributed by atoms with Gasteiger partial charge in [0.25, 0.3) is 0 Å². The normalized spacial score (nSPS) is 11.8. The summed E-state index contributed by atoms with van der Waals surface area (Å²) < 4.78 is 26.9. The smallest absolute Gasteiger partial charge is 0.240 e. The van der Waals surface area contributed by atoms with E-state index in [9.17, 15) is 8.42 Å². The van der Waals surface area contributed by atoms with Gasteiger partial charge in [0.1, 0.15) is 4.99 Å². The van der Waals surface area contributed by atoms with Crippen LogP contribution in [0.3, 0.4) is 0 Å². The molecule has 0 unspecified atom stereocenters. The minimum absolute atomic E-state index is 0.264. The third-order valence-corrected chi connectivity index (χ3v) is 4.62. The molecule has 0 radical (unpaired) electrons. The van der Waals surface area contributed by atoms with Crippen LogP contribution < -0.4 is 10.5 Å². The highest BCUT2D eigenvalue weighted by atomic mass is 32.2. The number of nitrogens with one attached hydrogen (secondary N) is 1. The second-order valence-corrected chi connectivity index (χ2v) is 7.10. The maximum Gasteiger partial charge on any atom is 0.240 e. The molecule has 0 heterocycles. The van der Waals surface area contributed by atoms with E-state index in [2.05, 4.69) is 18.6 Å². The number of hydrogen-bond donors (Lipinski definition) is 2. The van der Waals surface area contributed by atoms with E-state index in [1.54, 1.807) is 25.1 Å². The topological polar surface area (TPSA) is 72.2 Å². The summed E-state index contributed by atoms with van der Waals surface area (Å²) >= 11 is 4.87. The molecule has 0 amide bonds. The molecule has 1 aromatic rings. The van der Waals surface area contributed by atoms with Crippen molar-refractivity contribution in [1.29, 1.82) is 0 Å². The Morgan fingerprint density at radius 3 is 2.53 bits per heavy atom. The molecule has 0 fully saturated rings. The van der Waals surface area contributed by atoms with Crippen molar-refractivity contribution in [3.63, 3.8) is 0 Å². The average Bonchev–Trinajstić information content (AvgIpc) is 2.27. The fourth-order valence-electron chi connectivity index (χ4n) is 1.66. The van der Waals surface area contributed by atoms with E-state index in [0.29, 0.717) is 23.6 Å². The molecule has 0 aliphatic heterocycles. The summed E-state index contributed by atoms with van der Waals surface area (Å²) in [5.41, 5.74) is 6.84. The van der Waals surface area contributed by atoms with Crippen LogP contribution in [0.5, 0.6) is 0 Å². The third kappa shape index (κ3) is 4.56. The number of sulfonamides is 1. The summed E-state index contributed by atoms with van der Waals surface area (Å²) in [4.78, 5) is 0.538. The van der Waals surface area contributed by atoms with E-state index < -0.39 is 10.0 Å². The molecule has 0 atom stereocenters. The third-order valence-electron chi connectivity index (χ3n) is 2.76. The molecular formula is C13H20N2O2S2. The second kappa shape index (κ2) is 6.45. The number of benzene rings is 1. The number of thiocarbonyl (C=S) groups is 1. The van der Waals surface area contributed by atoms with Crippen molar-refractivity contribution in [3.05, 3.63) is 29.3 Å². The van der Waals surface area contributed by atoms with Gasteiger partial charge in [0.2, 0.25) is 10.0 Å². The predicted molar refractivity (Wildman–Crippen MR) is 81.7 cm³/mol. The zero-order valence-corrected chi connectivity index (χ0v) is 13.1. The lowest BCUT2D eigenvalue weighted by Gasteiger charge is -2.11. The van der Waals surface area contributed by atoms with E-state index in [1.807, 2.05) is 0 Å². The van der Waals surface area contributed by atoms with Crippen LogP contribution >= 0.6 is 12.2 Å². The van der Waals surface area contributed by atoms with Crippen molar-refractivity contribution in [2.75, 3.05) is 6.54 Å². The van der Waals surface area contributed by atoms with Crippen LogP contribution in [0, 0.1) is 12.8 Å². The van der Waals surface area contributed by atoms with Crippen LogP contribution in [0.4, 0.5) is 0 Å². The number of nitrogens with two attached hydrogens (primary N) is 1. The minimum atomic E-state index is -3.46. The molecule has 0 aliphatic rings. The summed E-state index contributed by atoms with van der Waals surface area (Å²) in [6.45, 7) is 6.28. The predicted octanol–water partition coefficient (Wildman–Crippen LogP) is 1.95. The van der Waals surface area contributed by atoms with Gasteiger partial charge in [0.15, 0.2) is 0 Å². The Balaban J connectivity index is 2.93. The molecule has 0 bridgehead atoms. The zero-order chi connectivity index (χ0) is 14.6. The molecule has 6 heteroatoms. The van der Waals surface area contributed by atoms with E-state index in [0.717, 1.165) is 6.42 Å². The molecule has 19 heavy (non-hydrogen) atoms. The van der Waals surface area contributed by atoms with E-state index in [1.165, 1.54) is 0 Å². The number of rotatable bonds is 6. The Morgan fingerprint density at radius 2 is 2.05 bits per heavy atom. The van der Waals surface area contributed by atoms with Crippen LogP contribution in [0.15, 0.2) is 23.1 Å². The Kier molecular flexibility index (Phi) is 5.46. The summed E-state index contributed by atoms with van der Waals surface area (Å²) in [6.07, 6.45) is 0.809. The maximum absolute atomic E-state index is 12.1. The lowest BCUT2D eigenvalue weighted by atomic mass is 10.1. The van der Waals surface area contributed by atoms with Gasteiger partial charge in [0.05, 0.1) is 4.90 Å². The molecule has 1 rings (SSSR count). The van der Waals surface area contributed by atoms with Gasteiger partial charge in [-0.25, -0.2) is 13.1 Å². The van der Waals surface area contributed by atoms with Gasteiger partial charge >= 0.3 is 0 Å². The lowest BCUT2D eigenvalue weighted by Crippen LogP contribution is -2.26. The maximum atomic E-state index is 12.1. The quantitative estimate of drug-likeness (QED) is 0.788. The first kappa shape index (κ1) is 16.1. The van der Waals surface area contributed by atoms with E-state index in [4.69, 9.17) is 18.0 Å². The zero-order valence-electron chi connectivity index (χ0n) is 11.4. The molecule has 0 spiro atoms. The fraction of sp³-hybridized carbons (Fsp3) is 0.462. The van der Waals surface area contributed by atoms with Crippen molar-refractivity contribution < 1.29 is 8.42 Å². The van der Waals surface area contributed by atoms with Crippen LogP contribution in [0.25, 0.3) is 0 Å². The molecule has 0 aromatic heterocycles. The van der Waals surface area contributed by atoms with E-state index >= 15 is 0 Å². The molecular weight excluding hydrogens is 280 g/mol. The largest absolute Gasteiger partial charge is 0.389 e. The van der Waals surface area contributed by atoms with Gasteiger partial charge in [-0.1, -0.05) is 32.1 Å². The Hall–Kier alpha value is -0.980. The van der Waals surface area contributed by atoms with Gasteiger partial charge < -0.3 is 5.73 Å². The molecule has 106 valence electrons.